The lowest BCUT2D eigenvalue weighted by molar-refractivity contribution is 0.0435. The monoisotopic (exact) mass is 390 g/mol. The number of hydrogen-bond acceptors (Lipinski definition) is 4. The molecule has 0 aliphatic heterocycles. The van der Waals surface area contributed by atoms with Crippen LogP contribution in [0, 0.1) is 11.8 Å². The van der Waals surface area contributed by atoms with Crippen molar-refractivity contribution >= 4 is 16.6 Å². The Morgan fingerprint density at radius 3 is 1.76 bits per heavy atom. The van der Waals surface area contributed by atoms with Gasteiger partial charge in [-0.25, -0.2) is 0 Å². The van der Waals surface area contributed by atoms with Gasteiger partial charge in [-0.3, -0.25) is 0 Å². The molecule has 0 amide bonds. The van der Waals surface area contributed by atoms with Crippen molar-refractivity contribution in [3.8, 4) is 0 Å². The third-order valence-corrected chi connectivity index (χ3v) is 15.9. The van der Waals surface area contributed by atoms with Crippen LogP contribution in [0.15, 0.2) is 0 Å². The maximum Gasteiger partial charge on any atom is 0.192 e. The van der Waals surface area contributed by atoms with E-state index >= 15 is 0 Å². The lowest BCUT2D eigenvalue weighted by atomic mass is 9.95. The van der Waals surface area contributed by atoms with Crippen LogP contribution in [-0.4, -0.2) is 52.3 Å². The van der Waals surface area contributed by atoms with Crippen molar-refractivity contribution in [2.75, 3.05) is 13.2 Å². The average molecular weight is 391 g/mol. The molecule has 1 rings (SSSR count). The van der Waals surface area contributed by atoms with E-state index in [1.807, 2.05) is 0 Å². The molecule has 4 atom stereocenters. The molecule has 6 heteroatoms. The molecule has 0 spiro atoms. The quantitative estimate of drug-likeness (QED) is 0.660. The normalized spacial score (nSPS) is 29.3. The molecule has 4 nitrogen and oxygen atoms in total. The highest BCUT2D eigenvalue weighted by Crippen LogP contribution is 2.44. The zero-order chi connectivity index (χ0) is 19.8. The van der Waals surface area contributed by atoms with Gasteiger partial charge in [-0.1, -0.05) is 41.5 Å². The van der Waals surface area contributed by atoms with Crippen molar-refractivity contribution in [1.29, 1.82) is 0 Å². The second-order valence-electron chi connectivity index (χ2n) is 10.8. The lowest BCUT2D eigenvalue weighted by Crippen LogP contribution is -2.47. The first-order valence-corrected chi connectivity index (χ1v) is 15.5. The van der Waals surface area contributed by atoms with Crippen LogP contribution < -0.4 is 0 Å². The fourth-order valence-corrected chi connectivity index (χ4v) is 5.27. The molecule has 0 heterocycles. The Kier molecular flexibility index (Phi) is 7.20. The van der Waals surface area contributed by atoms with Crippen LogP contribution in [0.1, 0.15) is 48.0 Å². The summed E-state index contributed by atoms with van der Waals surface area (Å²) in [6, 6.07) is 0. The topological polar surface area (TPSA) is 58.9 Å². The average Bonchev–Trinajstić information content (AvgIpc) is 2.68. The van der Waals surface area contributed by atoms with Crippen LogP contribution >= 0.6 is 0 Å². The van der Waals surface area contributed by atoms with Crippen molar-refractivity contribution in [2.24, 2.45) is 11.8 Å². The summed E-state index contributed by atoms with van der Waals surface area (Å²) in [7, 11) is -3.80. The zero-order valence-electron chi connectivity index (χ0n) is 18.1. The Morgan fingerprint density at radius 2 is 1.36 bits per heavy atom. The maximum atomic E-state index is 10.4. The van der Waals surface area contributed by atoms with Gasteiger partial charge in [0.1, 0.15) is 0 Å². The Hall–Kier alpha value is 0.274. The summed E-state index contributed by atoms with van der Waals surface area (Å²) in [6.45, 7) is 22.9. The van der Waals surface area contributed by atoms with Gasteiger partial charge in [-0.05, 0) is 42.7 Å². The Balaban J connectivity index is 2.94. The van der Waals surface area contributed by atoms with Gasteiger partial charge in [0, 0.05) is 25.0 Å². The molecule has 1 aliphatic rings. The van der Waals surface area contributed by atoms with Crippen molar-refractivity contribution in [3.63, 3.8) is 0 Å². The van der Waals surface area contributed by atoms with Gasteiger partial charge < -0.3 is 19.1 Å². The molecule has 1 aliphatic carbocycles. The number of rotatable bonds is 6. The van der Waals surface area contributed by atoms with E-state index < -0.39 is 22.7 Å². The first-order chi connectivity index (χ1) is 11.0. The summed E-state index contributed by atoms with van der Waals surface area (Å²) < 4.78 is 13.1. The maximum absolute atomic E-state index is 10.4. The van der Waals surface area contributed by atoms with Gasteiger partial charge in [0.15, 0.2) is 16.6 Å². The highest BCUT2D eigenvalue weighted by molar-refractivity contribution is 6.74. The Bertz CT molecular complexity index is 438. The minimum absolute atomic E-state index is 0.00986. The molecular weight excluding hydrogens is 348 g/mol. The number of hydrogen-bond donors (Lipinski definition) is 2. The summed E-state index contributed by atoms with van der Waals surface area (Å²) in [5, 5.41) is 20.5. The third kappa shape index (κ3) is 5.39. The second-order valence-corrected chi connectivity index (χ2v) is 20.4. The van der Waals surface area contributed by atoms with Crippen LogP contribution in [0.25, 0.3) is 0 Å². The second kappa shape index (κ2) is 7.72. The van der Waals surface area contributed by atoms with E-state index in [1.165, 1.54) is 0 Å². The summed E-state index contributed by atoms with van der Waals surface area (Å²) in [6.07, 6.45) is 0.0640. The summed E-state index contributed by atoms with van der Waals surface area (Å²) in [4.78, 5) is 0. The summed E-state index contributed by atoms with van der Waals surface area (Å²) >= 11 is 0. The molecule has 1 saturated carbocycles. The molecular formula is C19H42O4Si2. The highest BCUT2D eigenvalue weighted by atomic mass is 28.4. The molecule has 0 aromatic rings. The van der Waals surface area contributed by atoms with Gasteiger partial charge in [0.05, 0.1) is 12.2 Å². The predicted molar refractivity (Wildman–Crippen MR) is 110 cm³/mol. The van der Waals surface area contributed by atoms with E-state index in [2.05, 4.69) is 67.7 Å². The van der Waals surface area contributed by atoms with Gasteiger partial charge in [-0.2, -0.15) is 0 Å². The smallest absolute Gasteiger partial charge is 0.192 e. The fourth-order valence-electron chi connectivity index (χ4n) is 2.85. The van der Waals surface area contributed by atoms with Crippen molar-refractivity contribution in [2.45, 2.75) is 96.4 Å². The minimum Gasteiger partial charge on any atom is -0.416 e. The highest BCUT2D eigenvalue weighted by Gasteiger charge is 2.49. The molecule has 2 N–H and O–H groups in total. The van der Waals surface area contributed by atoms with Crippen LogP contribution in [0.4, 0.5) is 0 Å². The molecule has 1 fully saturated rings. The van der Waals surface area contributed by atoms with E-state index in [1.54, 1.807) is 0 Å². The molecule has 4 unspecified atom stereocenters. The first kappa shape index (κ1) is 23.3. The molecule has 0 radical (unpaired) electrons. The van der Waals surface area contributed by atoms with Crippen LogP contribution in [0.2, 0.25) is 36.3 Å². The molecule has 0 bridgehead atoms. The van der Waals surface area contributed by atoms with Crippen molar-refractivity contribution in [1.82, 2.24) is 0 Å². The van der Waals surface area contributed by atoms with E-state index in [4.69, 9.17) is 8.85 Å². The van der Waals surface area contributed by atoms with Crippen LogP contribution in [0.3, 0.4) is 0 Å². The fraction of sp³-hybridized carbons (Fsp3) is 1.00. The zero-order valence-corrected chi connectivity index (χ0v) is 20.1. The largest absolute Gasteiger partial charge is 0.416 e. The predicted octanol–water partition coefficient (Wildman–Crippen LogP) is 4.39. The number of aliphatic hydroxyl groups is 2. The molecule has 150 valence electrons. The standard InChI is InChI=1S/C19H42O4Si2/c1-18(2,3)24(7,8)22-13-15-14(12-20)16(21)11-17(15)23-25(9,10)19(4,5)6/h14-17,20-21H,11-13H2,1-10H3. The number of aliphatic hydroxyl groups excluding tert-OH is 2. The molecule has 0 aromatic carbocycles. The SMILES string of the molecule is CC(C)(C)[Si](C)(C)OCC1C(O[Si](C)(C)C(C)(C)C)CC(O)C1CO. The van der Waals surface area contributed by atoms with Crippen LogP contribution in [0.5, 0.6) is 0 Å². The van der Waals surface area contributed by atoms with Gasteiger partial charge in [0.2, 0.25) is 0 Å². The van der Waals surface area contributed by atoms with Gasteiger partial charge in [-0.15, -0.1) is 0 Å². The molecule has 0 saturated heterocycles. The van der Waals surface area contributed by atoms with Gasteiger partial charge in [0.25, 0.3) is 0 Å². The molecule has 0 aromatic heterocycles. The molecule has 25 heavy (non-hydrogen) atoms. The van der Waals surface area contributed by atoms with E-state index in [-0.39, 0.29) is 34.6 Å². The lowest BCUT2D eigenvalue weighted by Gasteiger charge is -2.41. The van der Waals surface area contributed by atoms with E-state index in [9.17, 15) is 10.2 Å². The third-order valence-electron chi connectivity index (χ3n) is 6.90. The van der Waals surface area contributed by atoms with Crippen molar-refractivity contribution in [3.05, 3.63) is 0 Å². The Labute approximate surface area is 157 Å². The Morgan fingerprint density at radius 1 is 0.880 bits per heavy atom. The summed E-state index contributed by atoms with van der Waals surface area (Å²) in [5.74, 6) is -0.0946. The van der Waals surface area contributed by atoms with Gasteiger partial charge >= 0.3 is 0 Å². The van der Waals surface area contributed by atoms with E-state index in [0.29, 0.717) is 13.0 Å². The first-order valence-electron chi connectivity index (χ1n) is 9.64. The minimum atomic E-state index is -1.93. The van der Waals surface area contributed by atoms with E-state index in [0.717, 1.165) is 0 Å². The van der Waals surface area contributed by atoms with Crippen molar-refractivity contribution < 1.29 is 19.1 Å². The van der Waals surface area contributed by atoms with Crippen LogP contribution in [-0.2, 0) is 8.85 Å². The summed E-state index contributed by atoms with van der Waals surface area (Å²) in [5.41, 5.74) is 0.